The van der Waals surface area contributed by atoms with Crippen LogP contribution in [0.25, 0.3) is 5.69 Å². The highest BCUT2D eigenvalue weighted by Crippen LogP contribution is 2.64. The third kappa shape index (κ3) is 4.86. The molecule has 3 aromatic rings. The average molecular weight is 543 g/mol. The lowest BCUT2D eigenvalue weighted by Crippen LogP contribution is -2.45. The van der Waals surface area contributed by atoms with Gasteiger partial charge in [0.1, 0.15) is 11.6 Å². The maximum Gasteiger partial charge on any atom is 0.213 e. The molecule has 1 heterocycles. The molecule has 2 aliphatic carbocycles. The van der Waals surface area contributed by atoms with Gasteiger partial charge in [-0.1, -0.05) is 55.4 Å². The number of carbonyl (C=O) groups excluding carboxylic acids is 1. The van der Waals surface area contributed by atoms with Crippen molar-refractivity contribution in [2.75, 3.05) is 5.75 Å². The average Bonchev–Trinajstić information content (AvgIpc) is 3.42. The van der Waals surface area contributed by atoms with Crippen molar-refractivity contribution in [3.05, 3.63) is 71.3 Å². The van der Waals surface area contributed by atoms with Crippen LogP contribution in [0.15, 0.2) is 53.7 Å². The first-order valence-corrected chi connectivity index (χ1v) is 15.0. The van der Waals surface area contributed by atoms with E-state index in [-0.39, 0.29) is 35.2 Å². The molecule has 2 atom stereocenters. The van der Waals surface area contributed by atoms with E-state index in [4.69, 9.17) is 0 Å². The van der Waals surface area contributed by atoms with E-state index < -0.39 is 15.4 Å². The number of ketones is 1. The number of benzene rings is 2. The van der Waals surface area contributed by atoms with Gasteiger partial charge in [-0.25, -0.2) is 17.5 Å². The molecule has 0 saturated heterocycles. The molecule has 2 aromatic carbocycles. The summed E-state index contributed by atoms with van der Waals surface area (Å²) < 4.78 is 44.3. The molecule has 5 rings (SSSR count). The van der Waals surface area contributed by atoms with Gasteiger partial charge < -0.3 is 0 Å². The molecule has 2 fully saturated rings. The molecule has 2 unspecified atom stereocenters. The molecule has 1 N–H and O–H groups in total. The zero-order valence-corrected chi connectivity index (χ0v) is 22.8. The molecule has 10 heteroatoms. The number of nitrogens with zero attached hydrogens (tertiary/aromatic N) is 3. The largest absolute Gasteiger partial charge is 0.299 e. The molecule has 0 aliphatic heterocycles. The van der Waals surface area contributed by atoms with Gasteiger partial charge >= 0.3 is 0 Å². The van der Waals surface area contributed by atoms with Crippen LogP contribution >= 0.6 is 11.8 Å². The standard InChI is InChI=1S/C27H31FN4O3S2/c1-18-4-10-22(11-5-18)32-24(30-31-25(32)36-16-19-6-8-21(28)9-7-19)15-29-37(34,35)17-27-13-12-20(14-23(27)33)26(27,2)3/h4-11,20,29H,12-17H2,1-3H3. The molecule has 37 heavy (non-hydrogen) atoms. The Morgan fingerprint density at radius 1 is 1.11 bits per heavy atom. The van der Waals surface area contributed by atoms with Gasteiger partial charge in [-0.15, -0.1) is 10.2 Å². The van der Waals surface area contributed by atoms with Crippen LogP contribution < -0.4 is 4.72 Å². The van der Waals surface area contributed by atoms with E-state index in [2.05, 4.69) is 14.9 Å². The quantitative estimate of drug-likeness (QED) is 0.390. The highest BCUT2D eigenvalue weighted by atomic mass is 32.2. The Morgan fingerprint density at radius 3 is 2.43 bits per heavy atom. The number of aryl methyl sites for hydroxylation is 1. The van der Waals surface area contributed by atoms with Crippen LogP contribution in [0.3, 0.4) is 0 Å². The highest BCUT2D eigenvalue weighted by molar-refractivity contribution is 7.98. The summed E-state index contributed by atoms with van der Waals surface area (Å²) in [5, 5.41) is 9.24. The molecule has 0 spiro atoms. The van der Waals surface area contributed by atoms with Crippen LogP contribution in [0, 0.1) is 29.5 Å². The molecule has 2 saturated carbocycles. The van der Waals surface area contributed by atoms with Crippen LogP contribution in [0.2, 0.25) is 0 Å². The van der Waals surface area contributed by atoms with E-state index in [1.54, 1.807) is 12.1 Å². The molecule has 1 aromatic heterocycles. The number of aromatic nitrogens is 3. The molecule has 0 amide bonds. The highest BCUT2D eigenvalue weighted by Gasteiger charge is 2.65. The van der Waals surface area contributed by atoms with E-state index >= 15 is 0 Å². The molecular weight excluding hydrogens is 511 g/mol. The number of sulfonamides is 1. The first-order valence-electron chi connectivity index (χ1n) is 12.4. The molecule has 2 bridgehead atoms. The predicted octanol–water partition coefficient (Wildman–Crippen LogP) is 4.82. The lowest BCUT2D eigenvalue weighted by atomic mass is 9.70. The number of carbonyl (C=O) groups is 1. The van der Waals surface area contributed by atoms with E-state index in [1.165, 1.54) is 23.9 Å². The van der Waals surface area contributed by atoms with Crippen LogP contribution in [0.5, 0.6) is 0 Å². The maximum absolute atomic E-state index is 13.3. The van der Waals surface area contributed by atoms with Crippen molar-refractivity contribution in [2.45, 2.75) is 57.5 Å². The number of fused-ring (bicyclic) bond motifs is 2. The minimum absolute atomic E-state index is 0.0472. The third-order valence-corrected chi connectivity index (χ3v) is 10.8. The van der Waals surface area contributed by atoms with Gasteiger partial charge in [0.2, 0.25) is 10.0 Å². The van der Waals surface area contributed by atoms with Crippen LogP contribution in [-0.4, -0.2) is 34.7 Å². The summed E-state index contributed by atoms with van der Waals surface area (Å²) in [5.74, 6) is 0.834. The van der Waals surface area contributed by atoms with Crippen molar-refractivity contribution in [1.29, 1.82) is 0 Å². The first kappa shape index (κ1) is 26.1. The van der Waals surface area contributed by atoms with E-state index in [9.17, 15) is 17.6 Å². The number of Topliss-reactive ketones (excluding diaryl/α,β-unsaturated/α-hetero) is 1. The fourth-order valence-corrected chi connectivity index (χ4v) is 8.55. The van der Waals surface area contributed by atoms with Crippen LogP contribution in [-0.2, 0) is 27.1 Å². The molecule has 196 valence electrons. The van der Waals surface area contributed by atoms with Gasteiger partial charge in [-0.05, 0) is 60.9 Å². The fraction of sp³-hybridized carbons (Fsp3) is 0.444. The minimum Gasteiger partial charge on any atom is -0.299 e. The van der Waals surface area contributed by atoms with E-state index in [1.807, 2.05) is 49.6 Å². The Bertz CT molecular complexity index is 1420. The molecule has 2 aliphatic rings. The van der Waals surface area contributed by atoms with Crippen molar-refractivity contribution in [3.63, 3.8) is 0 Å². The number of nitrogens with one attached hydrogen (secondary N) is 1. The lowest BCUT2D eigenvalue weighted by molar-refractivity contribution is -0.128. The SMILES string of the molecule is Cc1ccc(-n2c(CNS(=O)(=O)CC34CCC(CC3=O)C4(C)C)nnc2SCc2ccc(F)cc2)cc1. The summed E-state index contributed by atoms with van der Waals surface area (Å²) in [6, 6.07) is 14.1. The Balaban J connectivity index is 1.37. The zero-order valence-electron chi connectivity index (χ0n) is 21.2. The molecular formula is C27H31FN4O3S2. The van der Waals surface area contributed by atoms with E-state index in [0.717, 1.165) is 23.2 Å². The zero-order chi connectivity index (χ0) is 26.4. The van der Waals surface area contributed by atoms with Crippen molar-refractivity contribution in [1.82, 2.24) is 19.5 Å². The predicted molar refractivity (Wildman–Crippen MR) is 141 cm³/mol. The van der Waals surface area contributed by atoms with Crippen molar-refractivity contribution < 1.29 is 17.6 Å². The summed E-state index contributed by atoms with van der Waals surface area (Å²) in [6.45, 7) is 6.01. The Hall–Kier alpha value is -2.56. The van der Waals surface area contributed by atoms with Crippen LogP contribution in [0.4, 0.5) is 4.39 Å². The second kappa shape index (κ2) is 9.63. The summed E-state index contributed by atoms with van der Waals surface area (Å²) in [6.07, 6.45) is 1.98. The fourth-order valence-electron chi connectivity index (χ4n) is 5.85. The number of rotatable bonds is 9. The topological polar surface area (TPSA) is 94.0 Å². The van der Waals surface area contributed by atoms with Gasteiger partial charge in [0, 0.05) is 23.3 Å². The normalized spacial score (nSPS) is 22.6. The minimum atomic E-state index is -3.76. The number of hydrogen-bond donors (Lipinski definition) is 1. The molecule has 0 radical (unpaired) electrons. The van der Waals surface area contributed by atoms with E-state index in [0.29, 0.717) is 29.6 Å². The number of thioether (sulfide) groups is 1. The van der Waals surface area contributed by atoms with Crippen molar-refractivity contribution >= 4 is 27.6 Å². The van der Waals surface area contributed by atoms with Crippen molar-refractivity contribution in [2.24, 2.45) is 16.7 Å². The second-order valence-electron chi connectivity index (χ2n) is 10.7. The van der Waals surface area contributed by atoms with Gasteiger partial charge in [0.15, 0.2) is 11.0 Å². The first-order chi connectivity index (χ1) is 17.5. The summed E-state index contributed by atoms with van der Waals surface area (Å²) in [4.78, 5) is 12.9. The Labute approximate surface area is 221 Å². The third-order valence-electron chi connectivity index (χ3n) is 8.30. The Kier molecular flexibility index (Phi) is 6.79. The lowest BCUT2D eigenvalue weighted by Gasteiger charge is -2.36. The molecule has 7 nitrogen and oxygen atoms in total. The van der Waals surface area contributed by atoms with Crippen LogP contribution in [0.1, 0.15) is 50.1 Å². The maximum atomic E-state index is 13.3. The summed E-state index contributed by atoms with van der Waals surface area (Å²) in [5.41, 5.74) is 1.69. The summed E-state index contributed by atoms with van der Waals surface area (Å²) >= 11 is 1.44. The monoisotopic (exact) mass is 542 g/mol. The number of halogens is 1. The second-order valence-corrected chi connectivity index (χ2v) is 13.5. The van der Waals surface area contributed by atoms with Gasteiger partial charge in [-0.3, -0.25) is 9.36 Å². The summed E-state index contributed by atoms with van der Waals surface area (Å²) in [7, 11) is -3.76. The Morgan fingerprint density at radius 2 is 1.81 bits per heavy atom. The van der Waals surface area contributed by atoms with Gasteiger partial charge in [0.25, 0.3) is 0 Å². The smallest absolute Gasteiger partial charge is 0.213 e. The van der Waals surface area contributed by atoms with Gasteiger partial charge in [0.05, 0.1) is 12.3 Å². The number of hydrogen-bond acceptors (Lipinski definition) is 6. The van der Waals surface area contributed by atoms with Gasteiger partial charge in [-0.2, -0.15) is 0 Å². The van der Waals surface area contributed by atoms with Crippen molar-refractivity contribution in [3.8, 4) is 5.69 Å².